The molecule has 1 amide bonds. The van der Waals surface area contributed by atoms with E-state index in [0.717, 1.165) is 0 Å². The summed E-state index contributed by atoms with van der Waals surface area (Å²) in [5, 5.41) is 0. The van der Waals surface area contributed by atoms with Crippen LogP contribution in [0, 0.1) is 0 Å². The van der Waals surface area contributed by atoms with E-state index in [9.17, 15) is 4.79 Å². The number of carbonyl (C=O) groups excluding carboxylic acids is 1. The van der Waals surface area contributed by atoms with Gasteiger partial charge in [0.15, 0.2) is 0 Å². The molecule has 0 unspecified atom stereocenters. The van der Waals surface area contributed by atoms with E-state index in [1.54, 1.807) is 4.90 Å². The smallest absolute Gasteiger partial charge is 0.410 e. The number of nitrogens with zero attached hydrogens (tertiary/aromatic N) is 1. The van der Waals surface area contributed by atoms with Crippen LogP contribution in [0.15, 0.2) is 0 Å². The minimum absolute atomic E-state index is 0.229. The van der Waals surface area contributed by atoms with Crippen molar-refractivity contribution in [3.63, 3.8) is 0 Å². The number of hydrogen-bond acceptors (Lipinski definition) is 2. The van der Waals surface area contributed by atoms with Gasteiger partial charge in [-0.25, -0.2) is 4.79 Å². The summed E-state index contributed by atoms with van der Waals surface area (Å²) in [4.78, 5) is 13.0. The lowest BCUT2D eigenvalue weighted by Crippen LogP contribution is -2.36. The van der Waals surface area contributed by atoms with Crippen molar-refractivity contribution in [3.05, 3.63) is 0 Å². The molecular formula is C12H27NO2. The second-order valence-corrected chi connectivity index (χ2v) is 4.36. The normalized spacial score (nSPS) is 10.1. The van der Waals surface area contributed by atoms with Crippen LogP contribution in [0.5, 0.6) is 0 Å². The Morgan fingerprint density at radius 1 is 1.07 bits per heavy atom. The molecule has 0 aromatic carbocycles. The Morgan fingerprint density at radius 2 is 1.40 bits per heavy atom. The molecule has 0 aliphatic heterocycles. The molecule has 92 valence electrons. The molecule has 0 aliphatic carbocycles. The first-order valence-electron chi connectivity index (χ1n) is 5.80. The monoisotopic (exact) mass is 217 g/mol. The fourth-order valence-corrected chi connectivity index (χ4v) is 0.808. The van der Waals surface area contributed by atoms with Gasteiger partial charge in [0.2, 0.25) is 0 Å². The summed E-state index contributed by atoms with van der Waals surface area (Å²) in [6.45, 7) is 15.1. The van der Waals surface area contributed by atoms with Crippen molar-refractivity contribution >= 4 is 6.09 Å². The second kappa shape index (κ2) is 8.57. The third kappa shape index (κ3) is 11.2. The van der Waals surface area contributed by atoms with Crippen molar-refractivity contribution < 1.29 is 9.53 Å². The maximum absolute atomic E-state index is 11.3. The molecule has 3 heteroatoms. The van der Waals surface area contributed by atoms with Crippen molar-refractivity contribution in [1.29, 1.82) is 0 Å². The van der Waals surface area contributed by atoms with Crippen LogP contribution >= 0.6 is 0 Å². The van der Waals surface area contributed by atoms with Gasteiger partial charge >= 0.3 is 6.09 Å². The fraction of sp³-hybridized carbons (Fsp3) is 0.917. The molecule has 0 saturated heterocycles. The summed E-state index contributed by atoms with van der Waals surface area (Å²) >= 11 is 0. The summed E-state index contributed by atoms with van der Waals surface area (Å²) in [7, 11) is 0. The van der Waals surface area contributed by atoms with Crippen molar-refractivity contribution in [3.8, 4) is 0 Å². The Bertz CT molecular complexity index is 157. The van der Waals surface area contributed by atoms with Crippen molar-refractivity contribution in [2.45, 2.75) is 60.5 Å². The second-order valence-electron chi connectivity index (χ2n) is 4.36. The third-order valence-corrected chi connectivity index (χ3v) is 1.42. The van der Waals surface area contributed by atoms with Crippen LogP contribution in [-0.4, -0.2) is 29.7 Å². The highest BCUT2D eigenvalue weighted by molar-refractivity contribution is 5.67. The van der Waals surface area contributed by atoms with Crippen LogP contribution < -0.4 is 0 Å². The minimum Gasteiger partial charge on any atom is -0.444 e. The molecular weight excluding hydrogens is 190 g/mol. The molecule has 0 bridgehead atoms. The molecule has 3 nitrogen and oxygen atoms in total. The highest BCUT2D eigenvalue weighted by Crippen LogP contribution is 2.09. The number of amides is 1. The molecule has 0 aromatic rings. The van der Waals surface area contributed by atoms with Gasteiger partial charge < -0.3 is 9.64 Å². The zero-order chi connectivity index (χ0) is 12.5. The molecule has 15 heavy (non-hydrogen) atoms. The van der Waals surface area contributed by atoms with Gasteiger partial charge in [0.1, 0.15) is 5.60 Å². The van der Waals surface area contributed by atoms with E-state index in [4.69, 9.17) is 4.74 Å². The van der Waals surface area contributed by atoms with Gasteiger partial charge in [0.25, 0.3) is 0 Å². The van der Waals surface area contributed by atoms with Gasteiger partial charge in [0, 0.05) is 13.1 Å². The number of ether oxygens (including phenoxy) is 1. The Kier molecular flexibility index (Phi) is 9.53. The highest BCUT2D eigenvalue weighted by Gasteiger charge is 2.19. The molecule has 0 N–H and O–H groups in total. The fourth-order valence-electron chi connectivity index (χ4n) is 0.808. The predicted octanol–water partition coefficient (Wildman–Crippen LogP) is 3.68. The zero-order valence-corrected chi connectivity index (χ0v) is 11.4. The van der Waals surface area contributed by atoms with Gasteiger partial charge in [0.05, 0.1) is 0 Å². The molecule has 0 rings (SSSR count). The van der Waals surface area contributed by atoms with E-state index in [1.807, 2.05) is 34.6 Å². The summed E-state index contributed by atoms with van der Waals surface area (Å²) in [5.41, 5.74) is -0.389. The summed E-state index contributed by atoms with van der Waals surface area (Å²) < 4.78 is 5.17. The van der Waals surface area contributed by atoms with Gasteiger partial charge in [-0.1, -0.05) is 20.3 Å². The molecule has 0 aromatic heterocycles. The largest absolute Gasteiger partial charge is 0.444 e. The molecule has 0 aliphatic rings. The van der Waals surface area contributed by atoms with Crippen LogP contribution in [0.4, 0.5) is 4.79 Å². The zero-order valence-electron chi connectivity index (χ0n) is 11.4. The van der Waals surface area contributed by atoms with Gasteiger partial charge in [-0.15, -0.1) is 0 Å². The Labute approximate surface area is 94.8 Å². The first-order valence-corrected chi connectivity index (χ1v) is 5.80. The molecule has 0 atom stereocenters. The van der Waals surface area contributed by atoms with Crippen LogP contribution in [0.25, 0.3) is 0 Å². The van der Waals surface area contributed by atoms with Crippen molar-refractivity contribution in [2.24, 2.45) is 0 Å². The van der Waals surface area contributed by atoms with E-state index >= 15 is 0 Å². The average molecular weight is 217 g/mol. The van der Waals surface area contributed by atoms with E-state index in [2.05, 4.69) is 13.8 Å². The maximum Gasteiger partial charge on any atom is 0.410 e. The highest BCUT2D eigenvalue weighted by atomic mass is 16.6. The van der Waals surface area contributed by atoms with Gasteiger partial charge in [-0.05, 0) is 34.6 Å². The molecule has 0 saturated carbocycles. The van der Waals surface area contributed by atoms with E-state index in [-0.39, 0.29) is 11.7 Å². The summed E-state index contributed by atoms with van der Waals surface area (Å²) in [5.74, 6) is 0. The quantitative estimate of drug-likeness (QED) is 0.706. The van der Waals surface area contributed by atoms with E-state index < -0.39 is 0 Å². The molecule has 0 spiro atoms. The van der Waals surface area contributed by atoms with Crippen molar-refractivity contribution in [1.82, 2.24) is 4.90 Å². The number of rotatable bonds is 2. The molecule has 0 heterocycles. The Balaban J connectivity index is 0. The maximum atomic E-state index is 11.3. The lowest BCUT2D eigenvalue weighted by molar-refractivity contribution is 0.0270. The van der Waals surface area contributed by atoms with E-state index in [0.29, 0.717) is 13.1 Å². The van der Waals surface area contributed by atoms with Crippen LogP contribution in [0.2, 0.25) is 0 Å². The molecule has 0 radical (unpaired) electrons. The summed E-state index contributed by atoms with van der Waals surface area (Å²) in [6, 6.07) is 0. The number of carbonyl (C=O) groups is 1. The Hall–Kier alpha value is -0.730. The topological polar surface area (TPSA) is 29.5 Å². The van der Waals surface area contributed by atoms with Gasteiger partial charge in [-0.3, -0.25) is 0 Å². The minimum atomic E-state index is -0.389. The SMILES string of the molecule is CCC.CCN(CC)C(=O)OC(C)(C)C. The third-order valence-electron chi connectivity index (χ3n) is 1.42. The molecule has 0 fully saturated rings. The average Bonchev–Trinajstić information content (AvgIpc) is 2.04. The lowest BCUT2D eigenvalue weighted by Gasteiger charge is -2.25. The standard InChI is InChI=1S/C9H19NO2.C3H8/c1-6-10(7-2)8(11)12-9(3,4)5;1-3-2/h6-7H2,1-5H3;3H2,1-2H3. The van der Waals surface area contributed by atoms with Crippen LogP contribution in [-0.2, 0) is 4.74 Å². The number of hydrogen-bond donors (Lipinski definition) is 0. The first kappa shape index (κ1) is 16.7. The van der Waals surface area contributed by atoms with Crippen molar-refractivity contribution in [2.75, 3.05) is 13.1 Å². The van der Waals surface area contributed by atoms with Crippen LogP contribution in [0.3, 0.4) is 0 Å². The van der Waals surface area contributed by atoms with Gasteiger partial charge in [-0.2, -0.15) is 0 Å². The predicted molar refractivity (Wildman–Crippen MR) is 65.1 cm³/mol. The van der Waals surface area contributed by atoms with Crippen LogP contribution in [0.1, 0.15) is 54.9 Å². The Morgan fingerprint density at radius 3 is 1.60 bits per heavy atom. The van der Waals surface area contributed by atoms with E-state index in [1.165, 1.54) is 6.42 Å². The summed E-state index contributed by atoms with van der Waals surface area (Å²) in [6.07, 6.45) is 1.02. The first-order chi connectivity index (χ1) is 6.82. The lowest BCUT2D eigenvalue weighted by atomic mass is 10.2.